The first-order valence-corrected chi connectivity index (χ1v) is 5.57. The third-order valence-electron chi connectivity index (χ3n) is 1.50. The molecule has 0 radical (unpaired) electrons. The van der Waals surface area contributed by atoms with Crippen molar-refractivity contribution in [3.05, 3.63) is 27.7 Å². The molecule has 0 unspecified atom stereocenters. The lowest BCUT2D eigenvalue weighted by atomic mass is 10.4. The van der Waals surface area contributed by atoms with Crippen molar-refractivity contribution in [2.75, 3.05) is 0 Å². The fourth-order valence-corrected chi connectivity index (χ4v) is 1.91. The Morgan fingerprint density at radius 1 is 1.23 bits per heavy atom. The van der Waals surface area contributed by atoms with E-state index in [1.165, 1.54) is 11.5 Å². The highest BCUT2D eigenvalue weighted by atomic mass is 32.1. The molecule has 0 aliphatic rings. The molecular formula is C7H8N4S2. The van der Waals surface area contributed by atoms with E-state index < -0.39 is 0 Å². The van der Waals surface area contributed by atoms with Gasteiger partial charge in [0, 0.05) is 23.8 Å². The number of hydrogen-bond donors (Lipinski definition) is 1. The quantitative estimate of drug-likeness (QED) is 0.829. The van der Waals surface area contributed by atoms with Gasteiger partial charge >= 0.3 is 0 Å². The minimum Gasteiger partial charge on any atom is -0.305 e. The zero-order chi connectivity index (χ0) is 8.93. The molecule has 13 heavy (non-hydrogen) atoms. The van der Waals surface area contributed by atoms with Gasteiger partial charge < -0.3 is 5.32 Å². The van der Waals surface area contributed by atoms with E-state index in [9.17, 15) is 0 Å². The van der Waals surface area contributed by atoms with Crippen LogP contribution in [0.1, 0.15) is 11.4 Å². The lowest BCUT2D eigenvalue weighted by Gasteiger charge is -1.97. The average Bonchev–Trinajstić information content (AvgIpc) is 2.75. The Bertz CT molecular complexity index is 295. The van der Waals surface area contributed by atoms with E-state index in [0.29, 0.717) is 0 Å². The van der Waals surface area contributed by atoms with E-state index in [1.807, 2.05) is 16.3 Å². The fourth-order valence-electron chi connectivity index (χ4n) is 0.904. The molecule has 68 valence electrons. The zero-order valence-electron chi connectivity index (χ0n) is 6.80. The predicted molar refractivity (Wildman–Crippen MR) is 52.6 cm³/mol. The highest BCUT2D eigenvalue weighted by molar-refractivity contribution is 7.07. The highest BCUT2D eigenvalue weighted by Gasteiger charge is 1.96. The molecule has 0 amide bonds. The monoisotopic (exact) mass is 212 g/mol. The molecule has 2 aromatic rings. The van der Waals surface area contributed by atoms with Gasteiger partial charge in [-0.2, -0.15) is 0 Å². The van der Waals surface area contributed by atoms with Crippen LogP contribution in [-0.4, -0.2) is 14.6 Å². The minimum atomic E-state index is 0.758. The molecule has 0 aromatic carbocycles. The van der Waals surface area contributed by atoms with Crippen LogP contribution in [0, 0.1) is 0 Å². The molecule has 0 saturated heterocycles. The van der Waals surface area contributed by atoms with Crippen LogP contribution >= 0.6 is 22.9 Å². The number of hydrogen-bond acceptors (Lipinski definition) is 6. The van der Waals surface area contributed by atoms with E-state index in [0.717, 1.165) is 24.5 Å². The Kier molecular flexibility index (Phi) is 2.96. The van der Waals surface area contributed by atoms with Gasteiger partial charge in [-0.05, 0) is 11.5 Å². The second kappa shape index (κ2) is 4.40. The largest absolute Gasteiger partial charge is 0.305 e. The van der Waals surface area contributed by atoms with Crippen molar-refractivity contribution in [2.45, 2.75) is 13.1 Å². The summed E-state index contributed by atoms with van der Waals surface area (Å²) in [6.07, 6.45) is 0. The lowest BCUT2D eigenvalue weighted by Crippen LogP contribution is -2.12. The van der Waals surface area contributed by atoms with E-state index in [1.54, 1.807) is 11.3 Å². The number of thiazole rings is 1. The molecule has 6 heteroatoms. The van der Waals surface area contributed by atoms with Crippen molar-refractivity contribution in [2.24, 2.45) is 0 Å². The molecule has 2 aromatic heterocycles. The highest BCUT2D eigenvalue weighted by Crippen LogP contribution is 2.01. The molecule has 0 spiro atoms. The first-order chi connectivity index (χ1) is 6.45. The summed E-state index contributed by atoms with van der Waals surface area (Å²) in [5, 5.41) is 11.1. The average molecular weight is 212 g/mol. The normalized spacial score (nSPS) is 10.5. The van der Waals surface area contributed by atoms with Crippen LogP contribution < -0.4 is 5.32 Å². The Balaban J connectivity index is 1.76. The van der Waals surface area contributed by atoms with Gasteiger partial charge in [0.05, 0.1) is 16.9 Å². The topological polar surface area (TPSA) is 50.7 Å². The predicted octanol–water partition coefficient (Wildman–Crippen LogP) is 1.28. The Hall–Kier alpha value is -0.850. The summed E-state index contributed by atoms with van der Waals surface area (Å²) in [6.45, 7) is 1.55. The first kappa shape index (κ1) is 8.74. The summed E-state index contributed by atoms with van der Waals surface area (Å²) in [4.78, 5) is 4.16. The van der Waals surface area contributed by atoms with Gasteiger partial charge in [-0.15, -0.1) is 16.4 Å². The van der Waals surface area contributed by atoms with Gasteiger partial charge in [-0.1, -0.05) is 4.49 Å². The molecule has 0 fully saturated rings. The summed E-state index contributed by atoms with van der Waals surface area (Å²) in [6, 6.07) is 0. The Labute approximate surface area is 83.8 Å². The maximum absolute atomic E-state index is 4.16. The maximum atomic E-state index is 4.16. The molecule has 2 rings (SSSR count). The lowest BCUT2D eigenvalue weighted by molar-refractivity contribution is 0.668. The first-order valence-electron chi connectivity index (χ1n) is 3.79. The fraction of sp³-hybridized carbons (Fsp3) is 0.286. The molecule has 0 aliphatic carbocycles. The maximum Gasteiger partial charge on any atom is 0.0893 e. The summed E-state index contributed by atoms with van der Waals surface area (Å²) >= 11 is 2.98. The van der Waals surface area contributed by atoms with Crippen molar-refractivity contribution in [1.82, 2.24) is 19.9 Å². The number of nitrogens with zero attached hydrogens (tertiary/aromatic N) is 3. The zero-order valence-corrected chi connectivity index (χ0v) is 8.44. The summed E-state index contributed by atoms with van der Waals surface area (Å²) in [7, 11) is 0. The van der Waals surface area contributed by atoms with Gasteiger partial charge in [0.15, 0.2) is 0 Å². The molecule has 0 saturated carbocycles. The molecule has 4 nitrogen and oxygen atoms in total. The smallest absolute Gasteiger partial charge is 0.0893 e. The standard InChI is InChI=1S/C7H8N4S2/c1(6-3-12-5-9-6)8-2-7-4-13-11-10-7/h3-5,8H,1-2H2. The van der Waals surface area contributed by atoms with Crippen molar-refractivity contribution in [3.63, 3.8) is 0 Å². The minimum absolute atomic E-state index is 0.758. The van der Waals surface area contributed by atoms with Crippen LogP contribution in [0.4, 0.5) is 0 Å². The van der Waals surface area contributed by atoms with E-state index in [2.05, 4.69) is 19.9 Å². The summed E-state index contributed by atoms with van der Waals surface area (Å²) < 4.78 is 3.78. The van der Waals surface area contributed by atoms with Crippen LogP contribution in [0.5, 0.6) is 0 Å². The van der Waals surface area contributed by atoms with Crippen molar-refractivity contribution in [3.8, 4) is 0 Å². The summed E-state index contributed by atoms with van der Waals surface area (Å²) in [5.41, 5.74) is 3.90. The van der Waals surface area contributed by atoms with Crippen LogP contribution in [-0.2, 0) is 13.1 Å². The van der Waals surface area contributed by atoms with E-state index >= 15 is 0 Å². The molecule has 0 aliphatic heterocycles. The molecule has 0 bridgehead atoms. The SMILES string of the molecule is c1nc(CNCc2csnn2)cs1. The second-order valence-corrected chi connectivity index (χ2v) is 3.81. The number of nitrogens with one attached hydrogen (secondary N) is 1. The summed E-state index contributed by atoms with van der Waals surface area (Å²) in [5.74, 6) is 0. The van der Waals surface area contributed by atoms with Crippen LogP contribution in [0.25, 0.3) is 0 Å². The Morgan fingerprint density at radius 3 is 2.85 bits per heavy atom. The molecule has 0 atom stereocenters. The van der Waals surface area contributed by atoms with Crippen LogP contribution in [0.15, 0.2) is 16.3 Å². The van der Waals surface area contributed by atoms with Gasteiger partial charge in [-0.25, -0.2) is 4.98 Å². The van der Waals surface area contributed by atoms with Crippen LogP contribution in [0.3, 0.4) is 0 Å². The Morgan fingerprint density at radius 2 is 2.15 bits per heavy atom. The number of rotatable bonds is 4. The number of aromatic nitrogens is 3. The van der Waals surface area contributed by atoms with Gasteiger partial charge in [0.1, 0.15) is 0 Å². The van der Waals surface area contributed by atoms with Gasteiger partial charge in [0.2, 0.25) is 0 Å². The van der Waals surface area contributed by atoms with Crippen LogP contribution in [0.2, 0.25) is 0 Å². The van der Waals surface area contributed by atoms with Crippen molar-refractivity contribution < 1.29 is 0 Å². The van der Waals surface area contributed by atoms with Gasteiger partial charge in [0.25, 0.3) is 0 Å². The third kappa shape index (κ3) is 2.55. The third-order valence-corrected chi connectivity index (χ3v) is 2.69. The van der Waals surface area contributed by atoms with Gasteiger partial charge in [-0.3, -0.25) is 0 Å². The second-order valence-electron chi connectivity index (χ2n) is 2.48. The van der Waals surface area contributed by atoms with E-state index in [4.69, 9.17) is 0 Å². The molecule has 1 N–H and O–H groups in total. The molecule has 2 heterocycles. The molecular weight excluding hydrogens is 204 g/mol. The van der Waals surface area contributed by atoms with E-state index in [-0.39, 0.29) is 0 Å². The van der Waals surface area contributed by atoms with Crippen molar-refractivity contribution in [1.29, 1.82) is 0 Å². The van der Waals surface area contributed by atoms with Crippen molar-refractivity contribution >= 4 is 22.9 Å².